The Labute approximate surface area is 222 Å². The van der Waals surface area contributed by atoms with Crippen molar-refractivity contribution in [1.82, 2.24) is 9.03 Å². The number of aliphatic hydroxyl groups excluding tert-OH is 1. The second-order valence-corrected chi connectivity index (χ2v) is 14.0. The third-order valence-electron chi connectivity index (χ3n) is 5.91. The van der Waals surface area contributed by atoms with Crippen LogP contribution in [0.4, 0.5) is 0 Å². The van der Waals surface area contributed by atoms with Crippen molar-refractivity contribution in [3.05, 3.63) is 36.4 Å². The van der Waals surface area contributed by atoms with Crippen molar-refractivity contribution >= 4 is 29.9 Å². The molecule has 2 aromatic rings. The standard InChI is InChI=1S/C22H30N2O11S3/c1-32-15-5-7-21(19(11-15)34-3)37(28,29)23-9-10-24(17-13-36(26,27)14-18(17)25)38(30,31)22-8-6-16(33-2)12-20(22)35-4/h5-8,11-12,17-18,23,25H,9-10,13-14H2,1-4H3/t17-,18+/m0/s1. The maximum absolute atomic E-state index is 13.7. The van der Waals surface area contributed by atoms with E-state index in [-0.39, 0.29) is 21.3 Å². The molecule has 1 aliphatic rings. The second-order valence-electron chi connectivity index (χ2n) is 8.26. The molecule has 0 radical (unpaired) electrons. The van der Waals surface area contributed by atoms with Crippen LogP contribution in [0.25, 0.3) is 0 Å². The summed E-state index contributed by atoms with van der Waals surface area (Å²) in [7, 11) is -7.09. The molecule has 2 atom stereocenters. The normalized spacial score (nSPS) is 19.3. The number of hydrogen-bond donors (Lipinski definition) is 2. The van der Waals surface area contributed by atoms with Crippen LogP contribution in [0.5, 0.6) is 23.0 Å². The van der Waals surface area contributed by atoms with Gasteiger partial charge in [0.15, 0.2) is 9.84 Å². The van der Waals surface area contributed by atoms with Gasteiger partial charge in [0.05, 0.1) is 52.1 Å². The Morgan fingerprint density at radius 1 is 0.868 bits per heavy atom. The molecule has 0 amide bonds. The molecule has 0 unspecified atom stereocenters. The van der Waals surface area contributed by atoms with Crippen molar-refractivity contribution in [2.75, 3.05) is 53.0 Å². The Bertz CT molecular complexity index is 1480. The topological polar surface area (TPSA) is 175 Å². The van der Waals surface area contributed by atoms with E-state index in [0.717, 1.165) is 4.31 Å². The molecule has 2 aromatic carbocycles. The molecule has 0 aromatic heterocycles. The van der Waals surface area contributed by atoms with Crippen LogP contribution >= 0.6 is 0 Å². The molecule has 16 heteroatoms. The van der Waals surface area contributed by atoms with E-state index in [4.69, 9.17) is 18.9 Å². The van der Waals surface area contributed by atoms with Crippen molar-refractivity contribution in [3.8, 4) is 23.0 Å². The zero-order chi connectivity index (χ0) is 28.3. The molecule has 1 saturated heterocycles. The van der Waals surface area contributed by atoms with Crippen LogP contribution in [0, 0.1) is 0 Å². The molecule has 1 fully saturated rings. The molecule has 1 heterocycles. The van der Waals surface area contributed by atoms with Gasteiger partial charge in [0.2, 0.25) is 20.0 Å². The highest BCUT2D eigenvalue weighted by molar-refractivity contribution is 7.92. The van der Waals surface area contributed by atoms with Crippen LogP contribution in [0.1, 0.15) is 0 Å². The van der Waals surface area contributed by atoms with Crippen LogP contribution < -0.4 is 23.7 Å². The zero-order valence-electron chi connectivity index (χ0n) is 21.1. The number of rotatable bonds is 12. The average molecular weight is 595 g/mol. The summed E-state index contributed by atoms with van der Waals surface area (Å²) in [6.45, 7) is -0.940. The smallest absolute Gasteiger partial charge is 0.247 e. The third kappa shape index (κ3) is 6.32. The second kappa shape index (κ2) is 11.6. The summed E-state index contributed by atoms with van der Waals surface area (Å²) >= 11 is 0. The van der Waals surface area contributed by atoms with E-state index in [1.54, 1.807) is 0 Å². The van der Waals surface area contributed by atoms with Gasteiger partial charge < -0.3 is 24.1 Å². The maximum atomic E-state index is 13.7. The predicted octanol–water partition coefficient (Wildman–Crippen LogP) is -0.152. The van der Waals surface area contributed by atoms with Crippen molar-refractivity contribution in [2.24, 2.45) is 0 Å². The Balaban J connectivity index is 1.95. The molecule has 13 nitrogen and oxygen atoms in total. The number of ether oxygens (including phenoxy) is 4. The Morgan fingerprint density at radius 3 is 1.87 bits per heavy atom. The number of benzene rings is 2. The molecule has 0 bridgehead atoms. The molecular formula is C22H30N2O11S3. The summed E-state index contributed by atoms with van der Waals surface area (Å²) in [6, 6.07) is 6.66. The lowest BCUT2D eigenvalue weighted by Gasteiger charge is -2.30. The third-order valence-corrected chi connectivity index (χ3v) is 11.1. The monoisotopic (exact) mass is 594 g/mol. The molecule has 2 N–H and O–H groups in total. The number of methoxy groups -OCH3 is 4. The lowest BCUT2D eigenvalue weighted by molar-refractivity contribution is 0.128. The first-order valence-electron chi connectivity index (χ1n) is 11.1. The fraction of sp³-hybridized carbons (Fsp3) is 0.455. The van der Waals surface area contributed by atoms with Crippen LogP contribution in [-0.4, -0.2) is 99.8 Å². The van der Waals surface area contributed by atoms with Crippen LogP contribution in [0.3, 0.4) is 0 Å². The summed E-state index contributed by atoms with van der Waals surface area (Å²) in [5.41, 5.74) is 0. The number of hydrogen-bond acceptors (Lipinski definition) is 11. The van der Waals surface area contributed by atoms with E-state index in [1.165, 1.54) is 64.8 Å². The first kappa shape index (κ1) is 29.9. The van der Waals surface area contributed by atoms with E-state index in [1.807, 2.05) is 0 Å². The predicted molar refractivity (Wildman–Crippen MR) is 137 cm³/mol. The minimum Gasteiger partial charge on any atom is -0.497 e. The summed E-state index contributed by atoms with van der Waals surface area (Å²) < 4.78 is 102. The van der Waals surface area contributed by atoms with Gasteiger partial charge in [-0.15, -0.1) is 0 Å². The highest BCUT2D eigenvalue weighted by Crippen LogP contribution is 2.33. The molecule has 0 aliphatic carbocycles. The highest BCUT2D eigenvalue weighted by atomic mass is 32.2. The van der Waals surface area contributed by atoms with E-state index < -0.39 is 66.6 Å². The quantitative estimate of drug-likeness (QED) is 0.334. The van der Waals surface area contributed by atoms with Gasteiger partial charge in [0, 0.05) is 25.2 Å². The number of sulfone groups is 1. The lowest BCUT2D eigenvalue weighted by atomic mass is 10.2. The van der Waals surface area contributed by atoms with Gasteiger partial charge in [-0.1, -0.05) is 0 Å². The highest BCUT2D eigenvalue weighted by Gasteiger charge is 2.45. The molecule has 3 rings (SSSR count). The number of nitrogens with one attached hydrogen (secondary N) is 1. The summed E-state index contributed by atoms with van der Waals surface area (Å²) in [5.74, 6) is -0.654. The van der Waals surface area contributed by atoms with Gasteiger partial charge in [-0.05, 0) is 24.3 Å². The van der Waals surface area contributed by atoms with E-state index in [9.17, 15) is 30.4 Å². The van der Waals surface area contributed by atoms with Crippen molar-refractivity contribution in [3.63, 3.8) is 0 Å². The Kier molecular flexibility index (Phi) is 9.16. The van der Waals surface area contributed by atoms with Gasteiger partial charge in [-0.3, -0.25) is 0 Å². The Hall–Kier alpha value is -2.63. The lowest BCUT2D eigenvalue weighted by Crippen LogP contribution is -2.49. The zero-order valence-corrected chi connectivity index (χ0v) is 23.6. The maximum Gasteiger partial charge on any atom is 0.247 e. The summed E-state index contributed by atoms with van der Waals surface area (Å²) in [4.78, 5) is -0.521. The van der Waals surface area contributed by atoms with Crippen molar-refractivity contribution < 1.29 is 49.3 Å². The fourth-order valence-corrected chi connectivity index (χ4v) is 8.89. The van der Waals surface area contributed by atoms with Gasteiger partial charge in [-0.25, -0.2) is 30.0 Å². The number of aliphatic hydroxyl groups is 1. The molecule has 0 spiro atoms. The SMILES string of the molecule is COc1ccc(S(=O)(=O)NCCN([C@H]2CS(=O)(=O)C[C@H]2O)S(=O)(=O)c2ccc(OC)cc2OC)c(OC)c1. The first-order chi connectivity index (χ1) is 17.8. The molecule has 212 valence electrons. The number of nitrogens with zero attached hydrogens (tertiary/aromatic N) is 1. The largest absolute Gasteiger partial charge is 0.497 e. The molecule has 38 heavy (non-hydrogen) atoms. The van der Waals surface area contributed by atoms with Gasteiger partial charge in [0.1, 0.15) is 32.8 Å². The molecule has 1 aliphatic heterocycles. The first-order valence-corrected chi connectivity index (χ1v) is 15.9. The molecular weight excluding hydrogens is 564 g/mol. The van der Waals surface area contributed by atoms with Gasteiger partial charge >= 0.3 is 0 Å². The van der Waals surface area contributed by atoms with Crippen LogP contribution in [-0.2, 0) is 29.9 Å². The average Bonchev–Trinajstić information content (AvgIpc) is 3.16. The molecule has 0 saturated carbocycles. The van der Waals surface area contributed by atoms with E-state index >= 15 is 0 Å². The van der Waals surface area contributed by atoms with E-state index in [2.05, 4.69) is 4.72 Å². The van der Waals surface area contributed by atoms with Crippen molar-refractivity contribution in [2.45, 2.75) is 21.9 Å². The van der Waals surface area contributed by atoms with Crippen LogP contribution in [0.15, 0.2) is 46.2 Å². The van der Waals surface area contributed by atoms with Crippen molar-refractivity contribution in [1.29, 1.82) is 0 Å². The van der Waals surface area contributed by atoms with Crippen LogP contribution in [0.2, 0.25) is 0 Å². The minimum absolute atomic E-state index is 0.00149. The Morgan fingerprint density at radius 2 is 1.39 bits per heavy atom. The van der Waals surface area contributed by atoms with E-state index in [0.29, 0.717) is 11.5 Å². The van der Waals surface area contributed by atoms with Gasteiger partial charge in [0.25, 0.3) is 0 Å². The summed E-state index contributed by atoms with van der Waals surface area (Å²) in [6.07, 6.45) is -1.52. The fourth-order valence-electron chi connectivity index (χ4n) is 4.03. The number of sulfonamides is 2. The minimum atomic E-state index is -4.49. The summed E-state index contributed by atoms with van der Waals surface area (Å²) in [5, 5.41) is 10.5. The van der Waals surface area contributed by atoms with Gasteiger partial charge in [-0.2, -0.15) is 4.31 Å².